The SMILES string of the molecule is CCCCCCNC(=O)c1cc(-c2cccs2)nc2ccc(C)cc12. The normalized spacial score (nSPS) is 11.0. The summed E-state index contributed by atoms with van der Waals surface area (Å²) in [6, 6.07) is 12.1. The number of hydrogen-bond acceptors (Lipinski definition) is 3. The summed E-state index contributed by atoms with van der Waals surface area (Å²) in [5.74, 6) is -0.00713. The molecule has 0 atom stereocenters. The van der Waals surface area contributed by atoms with Gasteiger partial charge in [0, 0.05) is 11.9 Å². The molecule has 3 rings (SSSR count). The fourth-order valence-corrected chi connectivity index (χ4v) is 3.61. The number of thiophene rings is 1. The zero-order chi connectivity index (χ0) is 17.6. The second kappa shape index (κ2) is 8.26. The number of fused-ring (bicyclic) bond motifs is 1. The summed E-state index contributed by atoms with van der Waals surface area (Å²) < 4.78 is 0. The molecule has 0 aliphatic carbocycles. The lowest BCUT2D eigenvalue weighted by Crippen LogP contribution is -2.24. The number of unbranched alkanes of at least 4 members (excludes halogenated alkanes) is 3. The Bertz CT molecular complexity index is 856. The van der Waals surface area contributed by atoms with Crippen LogP contribution in [0.2, 0.25) is 0 Å². The topological polar surface area (TPSA) is 42.0 Å². The summed E-state index contributed by atoms with van der Waals surface area (Å²) in [5, 5.41) is 6.03. The maximum absolute atomic E-state index is 12.8. The summed E-state index contributed by atoms with van der Waals surface area (Å²) in [4.78, 5) is 18.6. The number of nitrogens with one attached hydrogen (secondary N) is 1. The van der Waals surface area contributed by atoms with Gasteiger partial charge in [0.1, 0.15) is 0 Å². The molecule has 0 unspecified atom stereocenters. The van der Waals surface area contributed by atoms with Crippen LogP contribution in [-0.2, 0) is 0 Å². The highest BCUT2D eigenvalue weighted by Crippen LogP contribution is 2.28. The van der Waals surface area contributed by atoms with Crippen molar-refractivity contribution in [3.8, 4) is 10.6 Å². The minimum atomic E-state index is -0.00713. The largest absolute Gasteiger partial charge is 0.352 e. The number of aryl methyl sites for hydroxylation is 1. The predicted molar refractivity (Wildman–Crippen MR) is 106 cm³/mol. The fraction of sp³-hybridized carbons (Fsp3) is 0.333. The van der Waals surface area contributed by atoms with Gasteiger partial charge in [-0.25, -0.2) is 4.98 Å². The number of carbonyl (C=O) groups is 1. The van der Waals surface area contributed by atoms with Crippen molar-refractivity contribution in [1.29, 1.82) is 0 Å². The number of rotatable bonds is 7. The molecule has 25 heavy (non-hydrogen) atoms. The van der Waals surface area contributed by atoms with Gasteiger partial charge in [-0.1, -0.05) is 43.9 Å². The van der Waals surface area contributed by atoms with Crippen molar-refractivity contribution in [1.82, 2.24) is 10.3 Å². The van der Waals surface area contributed by atoms with Gasteiger partial charge in [0.25, 0.3) is 5.91 Å². The van der Waals surface area contributed by atoms with E-state index in [1.807, 2.05) is 48.7 Å². The Morgan fingerprint density at radius 1 is 1.16 bits per heavy atom. The van der Waals surface area contributed by atoms with Gasteiger partial charge in [-0.05, 0) is 43.0 Å². The molecule has 0 saturated carbocycles. The number of pyridine rings is 1. The first-order valence-corrected chi connectivity index (χ1v) is 9.80. The van der Waals surface area contributed by atoms with Crippen molar-refractivity contribution in [3.05, 3.63) is 52.9 Å². The summed E-state index contributed by atoms with van der Waals surface area (Å²) in [5.41, 5.74) is 3.58. The second-order valence-corrected chi connectivity index (χ2v) is 7.32. The first kappa shape index (κ1) is 17.6. The third kappa shape index (κ3) is 4.26. The predicted octanol–water partition coefficient (Wildman–Crippen LogP) is 5.58. The number of amides is 1. The number of carbonyl (C=O) groups excluding carboxylic acids is 1. The van der Waals surface area contributed by atoms with E-state index in [9.17, 15) is 4.79 Å². The molecule has 2 aromatic heterocycles. The molecular weight excluding hydrogens is 328 g/mol. The molecule has 0 spiro atoms. The van der Waals surface area contributed by atoms with Crippen molar-refractivity contribution in [2.45, 2.75) is 39.5 Å². The number of nitrogens with zero attached hydrogens (tertiary/aromatic N) is 1. The minimum absolute atomic E-state index is 0.00713. The van der Waals surface area contributed by atoms with Gasteiger partial charge in [-0.3, -0.25) is 4.79 Å². The fourth-order valence-electron chi connectivity index (χ4n) is 2.93. The van der Waals surface area contributed by atoms with Gasteiger partial charge in [-0.15, -0.1) is 11.3 Å². The van der Waals surface area contributed by atoms with Crippen molar-refractivity contribution < 1.29 is 4.79 Å². The lowest BCUT2D eigenvalue weighted by atomic mass is 10.0. The monoisotopic (exact) mass is 352 g/mol. The summed E-state index contributed by atoms with van der Waals surface area (Å²) >= 11 is 1.64. The Hall–Kier alpha value is -2.20. The summed E-state index contributed by atoms with van der Waals surface area (Å²) in [7, 11) is 0. The van der Waals surface area contributed by atoms with E-state index in [1.165, 1.54) is 12.8 Å². The summed E-state index contributed by atoms with van der Waals surface area (Å²) in [6.45, 7) is 4.96. The van der Waals surface area contributed by atoms with E-state index in [0.717, 1.165) is 46.4 Å². The average Bonchev–Trinajstić information content (AvgIpc) is 3.15. The third-order valence-electron chi connectivity index (χ3n) is 4.30. The molecule has 130 valence electrons. The Labute approximate surface area is 153 Å². The molecule has 0 bridgehead atoms. The average molecular weight is 353 g/mol. The number of aromatic nitrogens is 1. The van der Waals surface area contributed by atoms with E-state index in [0.29, 0.717) is 5.56 Å². The van der Waals surface area contributed by atoms with Crippen molar-refractivity contribution in [2.24, 2.45) is 0 Å². The standard InChI is InChI=1S/C21H24N2OS/c1-3-4-5-6-11-22-21(24)17-14-19(20-8-7-12-25-20)23-18-10-9-15(2)13-16(17)18/h7-10,12-14H,3-6,11H2,1-2H3,(H,22,24). The molecule has 0 aliphatic heterocycles. The summed E-state index contributed by atoms with van der Waals surface area (Å²) in [6.07, 6.45) is 4.61. The first-order chi connectivity index (χ1) is 12.2. The van der Waals surface area contributed by atoms with Crippen molar-refractivity contribution in [3.63, 3.8) is 0 Å². The lowest BCUT2D eigenvalue weighted by molar-refractivity contribution is 0.0954. The minimum Gasteiger partial charge on any atom is -0.352 e. The van der Waals surface area contributed by atoms with E-state index >= 15 is 0 Å². The molecule has 1 N–H and O–H groups in total. The van der Waals surface area contributed by atoms with E-state index in [1.54, 1.807) is 11.3 Å². The molecule has 0 aliphatic rings. The molecule has 0 radical (unpaired) electrons. The van der Waals surface area contributed by atoms with Crippen LogP contribution in [-0.4, -0.2) is 17.4 Å². The van der Waals surface area contributed by atoms with Gasteiger partial charge < -0.3 is 5.32 Å². The molecule has 1 aromatic carbocycles. The van der Waals surface area contributed by atoms with E-state index < -0.39 is 0 Å². The quantitative estimate of drug-likeness (QED) is 0.564. The van der Waals surface area contributed by atoms with Crippen LogP contribution in [0.25, 0.3) is 21.5 Å². The highest BCUT2D eigenvalue weighted by Gasteiger charge is 2.14. The molecule has 4 heteroatoms. The molecule has 2 heterocycles. The van der Waals surface area contributed by atoms with Crippen molar-refractivity contribution in [2.75, 3.05) is 6.54 Å². The molecule has 0 saturated heterocycles. The third-order valence-corrected chi connectivity index (χ3v) is 5.19. The van der Waals surface area contributed by atoms with Crippen LogP contribution in [0.4, 0.5) is 0 Å². The Morgan fingerprint density at radius 3 is 2.80 bits per heavy atom. The van der Waals surface area contributed by atoms with E-state index in [2.05, 4.69) is 12.2 Å². The van der Waals surface area contributed by atoms with E-state index in [4.69, 9.17) is 4.98 Å². The van der Waals surface area contributed by atoms with Crippen LogP contribution >= 0.6 is 11.3 Å². The van der Waals surface area contributed by atoms with Crippen LogP contribution in [0.15, 0.2) is 41.8 Å². The molecular formula is C21H24N2OS. The van der Waals surface area contributed by atoms with Gasteiger partial charge in [-0.2, -0.15) is 0 Å². The maximum atomic E-state index is 12.8. The highest BCUT2D eigenvalue weighted by atomic mass is 32.1. The van der Waals surface area contributed by atoms with Crippen LogP contribution in [0.5, 0.6) is 0 Å². The Morgan fingerprint density at radius 2 is 2.04 bits per heavy atom. The van der Waals surface area contributed by atoms with Gasteiger partial charge in [0.2, 0.25) is 0 Å². The van der Waals surface area contributed by atoms with Crippen molar-refractivity contribution >= 4 is 28.1 Å². The maximum Gasteiger partial charge on any atom is 0.252 e. The highest BCUT2D eigenvalue weighted by molar-refractivity contribution is 7.13. The van der Waals surface area contributed by atoms with Gasteiger partial charge >= 0.3 is 0 Å². The Kier molecular flexibility index (Phi) is 5.82. The zero-order valence-corrected chi connectivity index (χ0v) is 15.7. The number of hydrogen-bond donors (Lipinski definition) is 1. The molecule has 1 amide bonds. The molecule has 3 nitrogen and oxygen atoms in total. The lowest BCUT2D eigenvalue weighted by Gasteiger charge is -2.10. The smallest absolute Gasteiger partial charge is 0.252 e. The van der Waals surface area contributed by atoms with Crippen LogP contribution in [0, 0.1) is 6.92 Å². The number of benzene rings is 1. The van der Waals surface area contributed by atoms with E-state index in [-0.39, 0.29) is 5.91 Å². The van der Waals surface area contributed by atoms with Crippen LogP contribution in [0.1, 0.15) is 48.5 Å². The zero-order valence-electron chi connectivity index (χ0n) is 14.8. The van der Waals surface area contributed by atoms with Crippen LogP contribution < -0.4 is 5.32 Å². The van der Waals surface area contributed by atoms with Gasteiger partial charge in [0.15, 0.2) is 0 Å². The second-order valence-electron chi connectivity index (χ2n) is 6.37. The molecule has 0 fully saturated rings. The van der Waals surface area contributed by atoms with Gasteiger partial charge in [0.05, 0.1) is 21.7 Å². The van der Waals surface area contributed by atoms with Crippen LogP contribution in [0.3, 0.4) is 0 Å². The Balaban J connectivity index is 1.91. The molecule has 3 aromatic rings. The first-order valence-electron chi connectivity index (χ1n) is 8.92.